The van der Waals surface area contributed by atoms with Gasteiger partial charge in [-0.2, -0.15) is 8.42 Å². The fraction of sp³-hybridized carbons (Fsp3) is 0.154. The predicted molar refractivity (Wildman–Crippen MR) is 77.5 cm³/mol. The maximum absolute atomic E-state index is 10.7. The van der Waals surface area contributed by atoms with Gasteiger partial charge in [0.15, 0.2) is 0 Å². The molecule has 0 saturated heterocycles. The van der Waals surface area contributed by atoms with Crippen LogP contribution in [0.4, 0.5) is 5.69 Å². The van der Waals surface area contributed by atoms with Gasteiger partial charge in [-0.05, 0) is 24.1 Å². The third kappa shape index (κ3) is 4.79. The smallest absolute Gasteiger partial charge is 0.269 e. The van der Waals surface area contributed by atoms with Crippen LogP contribution in [0.5, 0.6) is 11.6 Å². The van der Waals surface area contributed by atoms with Gasteiger partial charge in [-0.15, -0.1) is 0 Å². The highest BCUT2D eigenvalue weighted by atomic mass is 32.2. The van der Waals surface area contributed by atoms with Crippen molar-refractivity contribution in [3.05, 3.63) is 58.3 Å². The molecule has 1 aromatic carbocycles. The van der Waals surface area contributed by atoms with Gasteiger partial charge in [-0.25, -0.2) is 4.98 Å². The van der Waals surface area contributed by atoms with E-state index in [-0.39, 0.29) is 23.7 Å². The van der Waals surface area contributed by atoms with Crippen molar-refractivity contribution in [2.75, 3.05) is 5.75 Å². The topological polar surface area (TPSA) is 120 Å². The van der Waals surface area contributed by atoms with Crippen LogP contribution >= 0.6 is 0 Å². The van der Waals surface area contributed by atoms with E-state index in [4.69, 9.17) is 9.29 Å². The Balaban J connectivity index is 2.00. The van der Waals surface area contributed by atoms with Crippen LogP contribution in [-0.2, 0) is 16.5 Å². The van der Waals surface area contributed by atoms with Crippen LogP contribution in [-0.4, -0.2) is 28.6 Å². The number of hydrogen-bond acceptors (Lipinski definition) is 6. The Morgan fingerprint density at radius 1 is 1.18 bits per heavy atom. The van der Waals surface area contributed by atoms with Crippen LogP contribution in [0.1, 0.15) is 5.56 Å². The van der Waals surface area contributed by atoms with E-state index in [9.17, 15) is 18.5 Å². The van der Waals surface area contributed by atoms with Crippen molar-refractivity contribution in [2.24, 2.45) is 0 Å². The Morgan fingerprint density at radius 3 is 2.36 bits per heavy atom. The van der Waals surface area contributed by atoms with E-state index in [1.165, 1.54) is 30.5 Å². The lowest BCUT2D eigenvalue weighted by Crippen LogP contribution is -2.06. The maximum Gasteiger partial charge on any atom is 0.269 e. The Hall–Kier alpha value is -2.52. The summed E-state index contributed by atoms with van der Waals surface area (Å²) in [5, 5.41) is 10.5. The Kier molecular flexibility index (Phi) is 4.68. The van der Waals surface area contributed by atoms with Gasteiger partial charge >= 0.3 is 0 Å². The molecule has 0 aliphatic heterocycles. The number of aryl methyl sites for hydroxylation is 1. The lowest BCUT2D eigenvalue weighted by molar-refractivity contribution is -0.384. The molecule has 0 amide bonds. The average Bonchev–Trinajstić information content (AvgIpc) is 2.46. The van der Waals surface area contributed by atoms with Gasteiger partial charge in [-0.1, -0.05) is 6.07 Å². The van der Waals surface area contributed by atoms with E-state index in [0.717, 1.165) is 0 Å². The molecule has 0 bridgehead atoms. The molecule has 0 unspecified atom stereocenters. The largest absolute Gasteiger partial charge is 0.439 e. The molecular weight excluding hydrogens is 312 g/mol. The molecule has 0 fully saturated rings. The molecule has 1 aromatic heterocycles. The molecule has 1 heterocycles. The summed E-state index contributed by atoms with van der Waals surface area (Å²) in [4.78, 5) is 14.0. The maximum atomic E-state index is 10.7. The normalized spacial score (nSPS) is 11.1. The second-order valence-corrected chi connectivity index (χ2v) is 5.97. The van der Waals surface area contributed by atoms with Crippen LogP contribution in [0.2, 0.25) is 0 Å². The summed E-state index contributed by atoms with van der Waals surface area (Å²) in [6, 6.07) is 8.70. The van der Waals surface area contributed by atoms with Crippen LogP contribution in [0, 0.1) is 10.1 Å². The van der Waals surface area contributed by atoms with Gasteiger partial charge in [0, 0.05) is 24.4 Å². The number of benzene rings is 1. The molecular formula is C13H12N2O6S. The van der Waals surface area contributed by atoms with Crippen LogP contribution in [0.25, 0.3) is 0 Å². The minimum Gasteiger partial charge on any atom is -0.439 e. The van der Waals surface area contributed by atoms with Crippen LogP contribution in [0.3, 0.4) is 0 Å². The minimum atomic E-state index is -4.01. The molecule has 0 aliphatic rings. The highest BCUT2D eigenvalue weighted by Gasteiger charge is 2.07. The number of aromatic nitrogens is 1. The summed E-state index contributed by atoms with van der Waals surface area (Å²) in [5.41, 5.74) is 0.592. The lowest BCUT2D eigenvalue weighted by atomic mass is 10.2. The summed E-state index contributed by atoms with van der Waals surface area (Å²) in [7, 11) is -4.01. The zero-order valence-corrected chi connectivity index (χ0v) is 12.1. The quantitative estimate of drug-likeness (QED) is 0.491. The summed E-state index contributed by atoms with van der Waals surface area (Å²) in [6.07, 6.45) is 1.58. The van der Waals surface area contributed by atoms with E-state index >= 15 is 0 Å². The summed E-state index contributed by atoms with van der Waals surface area (Å²) >= 11 is 0. The van der Waals surface area contributed by atoms with Crippen molar-refractivity contribution in [3.63, 3.8) is 0 Å². The predicted octanol–water partition coefficient (Wildman–Crippen LogP) is 2.21. The first kappa shape index (κ1) is 15.9. The van der Waals surface area contributed by atoms with E-state index in [1.807, 2.05) is 0 Å². The zero-order chi connectivity index (χ0) is 16.2. The second kappa shape index (κ2) is 6.50. The van der Waals surface area contributed by atoms with Gasteiger partial charge in [0.25, 0.3) is 15.8 Å². The van der Waals surface area contributed by atoms with Gasteiger partial charge in [0.05, 0.1) is 10.7 Å². The first-order chi connectivity index (χ1) is 10.3. The first-order valence-corrected chi connectivity index (χ1v) is 7.77. The number of nitrogens with zero attached hydrogens (tertiary/aromatic N) is 2. The van der Waals surface area contributed by atoms with Gasteiger partial charge in [0.2, 0.25) is 5.88 Å². The molecule has 116 valence electrons. The molecule has 1 N–H and O–H groups in total. The minimum absolute atomic E-state index is 0.0409. The highest BCUT2D eigenvalue weighted by Crippen LogP contribution is 2.22. The molecule has 8 nitrogen and oxygen atoms in total. The summed E-state index contributed by atoms with van der Waals surface area (Å²) in [6.45, 7) is 0. The number of hydrogen-bond donors (Lipinski definition) is 1. The Bertz CT molecular complexity index is 756. The Labute approximate surface area is 126 Å². The van der Waals surface area contributed by atoms with E-state index in [2.05, 4.69) is 4.98 Å². The molecule has 0 atom stereocenters. The number of non-ortho nitro benzene ring substituents is 1. The molecule has 0 saturated carbocycles. The number of nitro benzene ring substituents is 1. The van der Waals surface area contributed by atoms with E-state index in [0.29, 0.717) is 11.3 Å². The standard InChI is InChI=1S/C13H12N2O6S/c16-15(17)11-2-4-12(5-3-11)21-13-6-1-10(9-14-13)7-8-22(18,19)20/h1-6,9H,7-8H2,(H,18,19,20). The first-order valence-electron chi connectivity index (χ1n) is 6.16. The monoisotopic (exact) mass is 324 g/mol. The lowest BCUT2D eigenvalue weighted by Gasteiger charge is -2.05. The van der Waals surface area contributed by atoms with E-state index in [1.54, 1.807) is 12.1 Å². The molecule has 0 radical (unpaired) electrons. The molecule has 2 aromatic rings. The number of ether oxygens (including phenoxy) is 1. The molecule has 0 spiro atoms. The molecule has 0 aliphatic carbocycles. The van der Waals surface area contributed by atoms with Crippen molar-refractivity contribution in [3.8, 4) is 11.6 Å². The molecule has 22 heavy (non-hydrogen) atoms. The molecule has 2 rings (SSSR count). The van der Waals surface area contributed by atoms with Crippen molar-refractivity contribution >= 4 is 15.8 Å². The van der Waals surface area contributed by atoms with Crippen LogP contribution < -0.4 is 4.74 Å². The third-order valence-electron chi connectivity index (χ3n) is 2.72. The van der Waals surface area contributed by atoms with Crippen molar-refractivity contribution in [1.82, 2.24) is 4.98 Å². The third-order valence-corrected chi connectivity index (χ3v) is 3.44. The SMILES string of the molecule is O=[N+]([O-])c1ccc(Oc2ccc(CCS(=O)(=O)O)cn2)cc1. The van der Waals surface area contributed by atoms with E-state index < -0.39 is 15.0 Å². The average molecular weight is 324 g/mol. The number of rotatable bonds is 6. The number of nitro groups is 1. The van der Waals surface area contributed by atoms with Crippen molar-refractivity contribution in [2.45, 2.75) is 6.42 Å². The van der Waals surface area contributed by atoms with Crippen LogP contribution in [0.15, 0.2) is 42.6 Å². The van der Waals surface area contributed by atoms with Gasteiger partial charge in [0.1, 0.15) is 5.75 Å². The summed E-state index contributed by atoms with van der Waals surface area (Å²) < 4.78 is 35.4. The fourth-order valence-electron chi connectivity index (χ4n) is 1.62. The number of pyridine rings is 1. The highest BCUT2D eigenvalue weighted by molar-refractivity contribution is 7.85. The summed E-state index contributed by atoms with van der Waals surface area (Å²) in [5.74, 6) is 0.283. The van der Waals surface area contributed by atoms with Crippen molar-refractivity contribution < 1.29 is 22.6 Å². The fourth-order valence-corrected chi connectivity index (χ4v) is 2.12. The molecule has 9 heteroatoms. The zero-order valence-electron chi connectivity index (χ0n) is 11.2. The Morgan fingerprint density at radius 2 is 1.86 bits per heavy atom. The van der Waals surface area contributed by atoms with Gasteiger partial charge in [-0.3, -0.25) is 14.7 Å². The second-order valence-electron chi connectivity index (χ2n) is 4.39. The van der Waals surface area contributed by atoms with Gasteiger partial charge < -0.3 is 4.74 Å². The van der Waals surface area contributed by atoms with Crippen molar-refractivity contribution in [1.29, 1.82) is 0 Å².